The zero-order chi connectivity index (χ0) is 27.3. The van der Waals surface area contributed by atoms with E-state index in [1.54, 1.807) is 30.4 Å². The number of aromatic nitrogens is 5. The molecule has 1 fully saturated rings. The first-order valence-corrected chi connectivity index (χ1v) is 12.5. The Balaban J connectivity index is 1.22. The van der Waals surface area contributed by atoms with Crippen LogP contribution in [0.25, 0.3) is 39.1 Å². The molecule has 10 heteroatoms. The number of hydrogen-bond acceptors (Lipinski definition) is 5. The SMILES string of the molecule is C=C(c1cc2ccc(-c3nccc(Nc4ccc(-c5cn[nH]c5)cc4)n3)cc2n1C)N(C)C1CC1C(F)(F)F. The van der Waals surface area contributed by atoms with E-state index in [1.807, 2.05) is 66.3 Å². The van der Waals surface area contributed by atoms with E-state index in [0.29, 0.717) is 17.3 Å². The van der Waals surface area contributed by atoms with Gasteiger partial charge < -0.3 is 14.8 Å². The lowest BCUT2D eigenvalue weighted by molar-refractivity contribution is -0.150. The zero-order valence-corrected chi connectivity index (χ0v) is 21.4. The number of aromatic amines is 1. The molecule has 198 valence electrons. The summed E-state index contributed by atoms with van der Waals surface area (Å²) in [6.07, 6.45) is 1.24. The van der Waals surface area contributed by atoms with Crippen LogP contribution in [-0.4, -0.2) is 48.9 Å². The summed E-state index contributed by atoms with van der Waals surface area (Å²) in [7, 11) is 3.57. The van der Waals surface area contributed by atoms with E-state index < -0.39 is 18.1 Å². The summed E-state index contributed by atoms with van der Waals surface area (Å²) >= 11 is 0. The average molecular weight is 530 g/mol. The van der Waals surface area contributed by atoms with Gasteiger partial charge in [-0.2, -0.15) is 18.3 Å². The van der Waals surface area contributed by atoms with Gasteiger partial charge in [0.25, 0.3) is 0 Å². The van der Waals surface area contributed by atoms with Gasteiger partial charge in [0.1, 0.15) is 5.82 Å². The number of nitrogens with zero attached hydrogens (tertiary/aromatic N) is 5. The summed E-state index contributed by atoms with van der Waals surface area (Å²) < 4.78 is 41.3. The Morgan fingerprint density at radius 2 is 1.85 bits per heavy atom. The van der Waals surface area contributed by atoms with E-state index in [4.69, 9.17) is 4.98 Å². The number of rotatable bonds is 7. The lowest BCUT2D eigenvalue weighted by Gasteiger charge is -2.23. The third-order valence-corrected chi connectivity index (χ3v) is 7.34. The molecule has 2 unspecified atom stereocenters. The normalized spacial score (nSPS) is 16.8. The van der Waals surface area contributed by atoms with Crippen molar-refractivity contribution in [1.29, 1.82) is 0 Å². The van der Waals surface area contributed by atoms with Gasteiger partial charge in [-0.15, -0.1) is 0 Å². The van der Waals surface area contributed by atoms with E-state index in [2.05, 4.69) is 27.1 Å². The largest absolute Gasteiger partial charge is 0.393 e. The van der Waals surface area contributed by atoms with Gasteiger partial charge in [0, 0.05) is 60.2 Å². The van der Waals surface area contributed by atoms with Gasteiger partial charge >= 0.3 is 6.18 Å². The van der Waals surface area contributed by atoms with Gasteiger partial charge in [-0.25, -0.2) is 9.97 Å². The second kappa shape index (κ2) is 9.30. The fourth-order valence-corrected chi connectivity index (χ4v) is 4.96. The molecule has 3 heterocycles. The summed E-state index contributed by atoms with van der Waals surface area (Å²) in [5.74, 6) is -0.0862. The summed E-state index contributed by atoms with van der Waals surface area (Å²) in [6.45, 7) is 4.11. The van der Waals surface area contributed by atoms with Gasteiger partial charge in [-0.3, -0.25) is 5.10 Å². The van der Waals surface area contributed by atoms with E-state index in [9.17, 15) is 13.2 Å². The van der Waals surface area contributed by atoms with Crippen LogP contribution < -0.4 is 5.32 Å². The first-order valence-electron chi connectivity index (χ1n) is 12.5. The molecule has 1 saturated carbocycles. The van der Waals surface area contributed by atoms with Crippen molar-refractivity contribution in [2.45, 2.75) is 18.6 Å². The summed E-state index contributed by atoms with van der Waals surface area (Å²) in [4.78, 5) is 10.8. The molecule has 3 aromatic heterocycles. The van der Waals surface area contributed by atoms with Crippen molar-refractivity contribution in [3.05, 3.63) is 85.5 Å². The molecule has 5 aromatic rings. The first-order chi connectivity index (χ1) is 18.7. The summed E-state index contributed by atoms with van der Waals surface area (Å²) in [6, 6.07) is 17.0. The van der Waals surface area contributed by atoms with Gasteiger partial charge in [-0.05, 0) is 42.3 Å². The van der Waals surface area contributed by atoms with Crippen LogP contribution in [0.5, 0.6) is 0 Å². The molecule has 2 atom stereocenters. The van der Waals surface area contributed by atoms with Crippen molar-refractivity contribution in [2.24, 2.45) is 13.0 Å². The Hall–Kier alpha value is -4.60. The molecule has 39 heavy (non-hydrogen) atoms. The molecular formula is C29H26F3N7. The van der Waals surface area contributed by atoms with Gasteiger partial charge in [0.2, 0.25) is 0 Å². The molecule has 0 aliphatic heterocycles. The van der Waals surface area contributed by atoms with Crippen LogP contribution in [-0.2, 0) is 7.05 Å². The molecular weight excluding hydrogens is 503 g/mol. The number of alkyl halides is 3. The molecule has 0 amide bonds. The van der Waals surface area contributed by atoms with Crippen LogP contribution in [0.1, 0.15) is 12.1 Å². The maximum Gasteiger partial charge on any atom is 0.393 e. The van der Waals surface area contributed by atoms with Crippen LogP contribution in [0.3, 0.4) is 0 Å². The highest BCUT2D eigenvalue weighted by Gasteiger charge is 2.57. The number of nitrogens with one attached hydrogen (secondary N) is 2. The quantitative estimate of drug-likeness (QED) is 0.248. The maximum absolute atomic E-state index is 13.1. The molecule has 1 aliphatic carbocycles. The second-order valence-corrected chi connectivity index (χ2v) is 9.83. The summed E-state index contributed by atoms with van der Waals surface area (Å²) in [5.41, 5.74) is 6.03. The molecule has 0 bridgehead atoms. The van der Waals surface area contributed by atoms with Gasteiger partial charge in [-0.1, -0.05) is 30.8 Å². The number of benzene rings is 2. The van der Waals surface area contributed by atoms with Crippen molar-refractivity contribution in [3.8, 4) is 22.5 Å². The van der Waals surface area contributed by atoms with Crippen LogP contribution in [0, 0.1) is 5.92 Å². The van der Waals surface area contributed by atoms with Crippen molar-refractivity contribution >= 4 is 28.1 Å². The second-order valence-electron chi connectivity index (χ2n) is 9.83. The summed E-state index contributed by atoms with van der Waals surface area (Å²) in [5, 5.41) is 11.1. The third kappa shape index (κ3) is 4.73. The molecule has 0 saturated heterocycles. The van der Waals surface area contributed by atoms with Gasteiger partial charge in [0.05, 0.1) is 23.5 Å². The molecule has 6 rings (SSSR count). The topological polar surface area (TPSA) is 74.7 Å². The fraction of sp³-hybridized carbons (Fsp3) is 0.207. The van der Waals surface area contributed by atoms with Crippen LogP contribution in [0.4, 0.5) is 24.7 Å². The standard InChI is InChI=1S/C29H26F3N7/c1-17(38(2)26-14-23(26)29(30,31)32)24-12-19-4-5-20(13-25(19)39(24)3)28-33-11-10-27(37-28)36-22-8-6-18(7-9-22)21-15-34-35-16-21/h4-13,15-16,23,26H,1,14H2,2-3H3,(H,34,35)(H,33,36,37). The molecule has 1 aliphatic rings. The van der Waals surface area contributed by atoms with Crippen molar-refractivity contribution in [3.63, 3.8) is 0 Å². The molecule has 7 nitrogen and oxygen atoms in total. The molecule has 2 N–H and O–H groups in total. The lowest BCUT2D eigenvalue weighted by Crippen LogP contribution is -2.25. The van der Waals surface area contributed by atoms with E-state index in [1.165, 1.54) is 0 Å². The number of hydrogen-bond donors (Lipinski definition) is 2. The van der Waals surface area contributed by atoms with Crippen LogP contribution in [0.2, 0.25) is 0 Å². The smallest absolute Gasteiger partial charge is 0.370 e. The number of halogens is 3. The highest BCUT2D eigenvalue weighted by Crippen LogP contribution is 2.49. The van der Waals surface area contributed by atoms with E-state index in [-0.39, 0.29) is 6.42 Å². The monoisotopic (exact) mass is 529 g/mol. The minimum atomic E-state index is -4.18. The number of aryl methyl sites for hydroxylation is 1. The number of fused-ring (bicyclic) bond motifs is 1. The average Bonchev–Trinajstić information content (AvgIpc) is 3.44. The number of H-pyrrole nitrogens is 1. The van der Waals surface area contributed by atoms with Crippen molar-refractivity contribution < 1.29 is 13.2 Å². The Kier molecular flexibility index (Phi) is 5.90. The highest BCUT2D eigenvalue weighted by molar-refractivity contribution is 5.88. The van der Waals surface area contributed by atoms with Gasteiger partial charge in [0.15, 0.2) is 5.82 Å². The number of anilines is 2. The Morgan fingerprint density at radius 3 is 2.54 bits per heavy atom. The van der Waals surface area contributed by atoms with Crippen LogP contribution in [0.15, 0.2) is 79.8 Å². The minimum Gasteiger partial charge on any atom is -0.370 e. The predicted octanol–water partition coefficient (Wildman–Crippen LogP) is 6.62. The van der Waals surface area contributed by atoms with E-state index >= 15 is 0 Å². The maximum atomic E-state index is 13.1. The fourth-order valence-electron chi connectivity index (χ4n) is 4.96. The Labute approximate surface area is 223 Å². The molecule has 2 aromatic carbocycles. The Morgan fingerprint density at radius 1 is 1.08 bits per heavy atom. The molecule has 0 spiro atoms. The third-order valence-electron chi connectivity index (χ3n) is 7.34. The Bertz CT molecular complexity index is 1650. The van der Waals surface area contributed by atoms with Crippen LogP contribution >= 0.6 is 0 Å². The van der Waals surface area contributed by atoms with E-state index in [0.717, 1.165) is 39.0 Å². The van der Waals surface area contributed by atoms with Crippen molar-refractivity contribution in [1.82, 2.24) is 29.6 Å². The highest BCUT2D eigenvalue weighted by atomic mass is 19.4. The molecule has 0 radical (unpaired) electrons. The first kappa shape index (κ1) is 24.7. The van der Waals surface area contributed by atoms with Crippen molar-refractivity contribution in [2.75, 3.05) is 12.4 Å². The minimum absolute atomic E-state index is 0.101. The zero-order valence-electron chi connectivity index (χ0n) is 21.4. The lowest BCUT2D eigenvalue weighted by atomic mass is 10.1. The predicted molar refractivity (Wildman–Crippen MR) is 146 cm³/mol.